The molecule has 6 heteroatoms. The van der Waals surface area contributed by atoms with Gasteiger partial charge in [0, 0.05) is 42.2 Å². The molecule has 2 atom stereocenters. The van der Waals surface area contributed by atoms with Crippen LogP contribution in [0.25, 0.3) is 0 Å². The van der Waals surface area contributed by atoms with Crippen molar-refractivity contribution in [2.75, 3.05) is 32.8 Å². The van der Waals surface area contributed by atoms with Gasteiger partial charge in [0.25, 0.3) is 0 Å². The zero-order chi connectivity index (χ0) is 22.6. The average Bonchev–Trinajstić information content (AvgIpc) is 3.57. The second-order valence-corrected chi connectivity index (χ2v) is 9.65. The van der Waals surface area contributed by atoms with Gasteiger partial charge in [0.05, 0.1) is 13.0 Å². The van der Waals surface area contributed by atoms with Gasteiger partial charge in [-0.1, -0.05) is 30.3 Å². The number of benzene rings is 1. The topological polar surface area (TPSA) is 74.7 Å². The normalized spacial score (nSPS) is 22.4. The zero-order valence-electron chi connectivity index (χ0n) is 19.2. The van der Waals surface area contributed by atoms with Gasteiger partial charge in [-0.3, -0.25) is 4.79 Å². The van der Waals surface area contributed by atoms with Crippen LogP contribution in [0, 0.1) is 19.3 Å². The number of aromatic nitrogens is 1. The van der Waals surface area contributed by atoms with Crippen LogP contribution in [-0.4, -0.2) is 59.8 Å². The Morgan fingerprint density at radius 2 is 2.00 bits per heavy atom. The number of carboxylic acids is 1. The van der Waals surface area contributed by atoms with Crippen LogP contribution in [0.15, 0.2) is 42.6 Å². The molecular formula is C26H35N3O3. The molecule has 0 bridgehead atoms. The van der Waals surface area contributed by atoms with Crippen molar-refractivity contribution >= 4 is 5.97 Å². The fraction of sp³-hybridized carbons (Fsp3) is 0.538. The predicted molar refractivity (Wildman–Crippen MR) is 125 cm³/mol. The lowest BCUT2D eigenvalue weighted by molar-refractivity contribution is -0.137. The minimum absolute atomic E-state index is 0.0303. The largest absolute Gasteiger partial charge is 0.481 e. The van der Waals surface area contributed by atoms with E-state index in [1.165, 1.54) is 12.0 Å². The van der Waals surface area contributed by atoms with Crippen LogP contribution in [0.5, 0.6) is 5.88 Å². The molecule has 2 unspecified atom stereocenters. The Hall–Kier alpha value is -2.44. The number of piperidine rings is 1. The van der Waals surface area contributed by atoms with Crippen molar-refractivity contribution in [3.8, 4) is 5.88 Å². The maximum atomic E-state index is 11.0. The quantitative estimate of drug-likeness (QED) is 0.589. The van der Waals surface area contributed by atoms with E-state index in [1.54, 1.807) is 0 Å². The van der Waals surface area contributed by atoms with E-state index < -0.39 is 5.97 Å². The molecule has 1 saturated heterocycles. The number of nitrogens with one attached hydrogen (secondary N) is 1. The highest BCUT2D eigenvalue weighted by Gasteiger charge is 2.42. The van der Waals surface area contributed by atoms with Crippen LogP contribution in [-0.2, 0) is 4.79 Å². The number of aryl methyl sites for hydroxylation is 2. The molecule has 0 radical (unpaired) electrons. The first kappa shape index (κ1) is 22.7. The monoisotopic (exact) mass is 437 g/mol. The first-order valence-electron chi connectivity index (χ1n) is 11.7. The molecule has 1 aliphatic heterocycles. The Kier molecular flexibility index (Phi) is 7.11. The third-order valence-electron chi connectivity index (χ3n) is 7.00. The van der Waals surface area contributed by atoms with E-state index in [9.17, 15) is 4.79 Å². The van der Waals surface area contributed by atoms with E-state index in [4.69, 9.17) is 9.84 Å². The summed E-state index contributed by atoms with van der Waals surface area (Å²) in [5.41, 5.74) is 3.65. The minimum Gasteiger partial charge on any atom is -0.481 e. The maximum absolute atomic E-state index is 11.0. The van der Waals surface area contributed by atoms with E-state index in [0.717, 1.165) is 49.5 Å². The highest BCUT2D eigenvalue weighted by molar-refractivity contribution is 5.66. The second-order valence-electron chi connectivity index (χ2n) is 9.65. The van der Waals surface area contributed by atoms with Crippen LogP contribution >= 0.6 is 0 Å². The summed E-state index contributed by atoms with van der Waals surface area (Å²) >= 11 is 0. The molecule has 4 rings (SSSR count). The number of carbonyl (C=O) groups is 1. The van der Waals surface area contributed by atoms with Crippen LogP contribution < -0.4 is 10.1 Å². The predicted octanol–water partition coefficient (Wildman–Crippen LogP) is 3.78. The average molecular weight is 438 g/mol. The summed E-state index contributed by atoms with van der Waals surface area (Å²) in [6.07, 6.45) is 5.23. The van der Waals surface area contributed by atoms with Crippen LogP contribution in [0.1, 0.15) is 48.3 Å². The SMILES string of the molecule is Cc1cnc(OCC2(CNC3CC3c3ccccc3)CCN(CCC(=O)O)CC2)c(C)c1. The van der Waals surface area contributed by atoms with E-state index in [-0.39, 0.29) is 11.8 Å². The fourth-order valence-electron chi connectivity index (χ4n) is 4.79. The third-order valence-corrected chi connectivity index (χ3v) is 7.00. The molecule has 1 aromatic heterocycles. The van der Waals surface area contributed by atoms with Crippen molar-refractivity contribution in [2.45, 2.75) is 51.5 Å². The van der Waals surface area contributed by atoms with Gasteiger partial charge in [0.2, 0.25) is 5.88 Å². The molecule has 2 fully saturated rings. The molecule has 6 nitrogen and oxygen atoms in total. The Balaban J connectivity index is 1.37. The third kappa shape index (κ3) is 5.87. The molecule has 0 spiro atoms. The number of likely N-dealkylation sites (tertiary alicyclic amines) is 1. The Labute approximate surface area is 191 Å². The molecule has 2 heterocycles. The maximum Gasteiger partial charge on any atom is 0.304 e. The second kappa shape index (κ2) is 10.0. The lowest BCUT2D eigenvalue weighted by atomic mass is 9.78. The van der Waals surface area contributed by atoms with Gasteiger partial charge >= 0.3 is 5.97 Å². The number of carboxylic acid groups (broad SMARTS) is 1. The number of pyridine rings is 1. The highest BCUT2D eigenvalue weighted by atomic mass is 16.5. The number of ether oxygens (including phenoxy) is 1. The molecule has 2 aromatic rings. The summed E-state index contributed by atoms with van der Waals surface area (Å²) in [6, 6.07) is 13.4. The molecule has 2 N–H and O–H groups in total. The van der Waals surface area contributed by atoms with Gasteiger partial charge < -0.3 is 20.1 Å². The van der Waals surface area contributed by atoms with Crippen molar-refractivity contribution in [3.05, 3.63) is 59.3 Å². The van der Waals surface area contributed by atoms with Gasteiger partial charge in [-0.2, -0.15) is 0 Å². The smallest absolute Gasteiger partial charge is 0.304 e. The molecule has 172 valence electrons. The standard InChI is InChI=1S/C26H35N3O3/c1-19-14-20(2)25(27-16-19)32-18-26(9-12-29(13-10-26)11-8-24(30)31)17-28-23-15-22(23)21-6-4-3-5-7-21/h3-7,14,16,22-23,28H,8-13,15,17-18H2,1-2H3,(H,30,31). The molecular weight excluding hydrogens is 402 g/mol. The number of aliphatic carboxylic acids is 1. The summed E-state index contributed by atoms with van der Waals surface area (Å²) in [5.74, 6) is 0.594. The van der Waals surface area contributed by atoms with E-state index in [0.29, 0.717) is 25.1 Å². The summed E-state index contributed by atoms with van der Waals surface area (Å²) < 4.78 is 6.27. The molecule has 1 saturated carbocycles. The first-order chi connectivity index (χ1) is 15.4. The van der Waals surface area contributed by atoms with Gasteiger partial charge in [-0.05, 0) is 63.4 Å². The van der Waals surface area contributed by atoms with Crippen LogP contribution in [0.4, 0.5) is 0 Å². The Morgan fingerprint density at radius 3 is 2.69 bits per heavy atom. The molecule has 32 heavy (non-hydrogen) atoms. The molecule has 1 aliphatic carbocycles. The van der Waals surface area contributed by atoms with Crippen LogP contribution in [0.2, 0.25) is 0 Å². The minimum atomic E-state index is -0.728. The van der Waals surface area contributed by atoms with Gasteiger partial charge in [-0.15, -0.1) is 0 Å². The number of nitrogens with zero attached hydrogens (tertiary/aromatic N) is 2. The van der Waals surface area contributed by atoms with Crippen molar-refractivity contribution in [1.29, 1.82) is 0 Å². The number of hydrogen-bond donors (Lipinski definition) is 2. The van der Waals surface area contributed by atoms with Crippen molar-refractivity contribution in [2.24, 2.45) is 5.41 Å². The van der Waals surface area contributed by atoms with E-state index >= 15 is 0 Å². The molecule has 2 aliphatic rings. The highest BCUT2D eigenvalue weighted by Crippen LogP contribution is 2.42. The molecule has 1 aromatic carbocycles. The summed E-state index contributed by atoms with van der Waals surface area (Å²) in [4.78, 5) is 17.7. The lowest BCUT2D eigenvalue weighted by Gasteiger charge is -2.41. The van der Waals surface area contributed by atoms with Gasteiger partial charge in [0.1, 0.15) is 0 Å². The van der Waals surface area contributed by atoms with Crippen LogP contribution in [0.3, 0.4) is 0 Å². The van der Waals surface area contributed by atoms with E-state index in [2.05, 4.69) is 51.6 Å². The Morgan fingerprint density at radius 1 is 1.25 bits per heavy atom. The van der Waals surface area contributed by atoms with E-state index in [1.807, 2.05) is 20.0 Å². The van der Waals surface area contributed by atoms with Crippen molar-refractivity contribution in [1.82, 2.24) is 15.2 Å². The summed E-state index contributed by atoms with van der Waals surface area (Å²) in [5, 5.41) is 12.8. The van der Waals surface area contributed by atoms with Crippen molar-refractivity contribution in [3.63, 3.8) is 0 Å². The van der Waals surface area contributed by atoms with Gasteiger partial charge in [0.15, 0.2) is 0 Å². The van der Waals surface area contributed by atoms with Crippen molar-refractivity contribution < 1.29 is 14.6 Å². The number of hydrogen-bond acceptors (Lipinski definition) is 5. The van der Waals surface area contributed by atoms with Gasteiger partial charge in [-0.25, -0.2) is 4.98 Å². The summed E-state index contributed by atoms with van der Waals surface area (Å²) in [7, 11) is 0. The summed E-state index contributed by atoms with van der Waals surface area (Å²) in [6.45, 7) is 8.07. The number of rotatable bonds is 10. The molecule has 0 amide bonds. The first-order valence-corrected chi connectivity index (χ1v) is 11.7. The fourth-order valence-corrected chi connectivity index (χ4v) is 4.79. The zero-order valence-corrected chi connectivity index (χ0v) is 19.2. The lowest BCUT2D eigenvalue weighted by Crippen LogP contribution is -2.49. The Bertz CT molecular complexity index is 910.